The molecule has 0 heterocycles. The van der Waals surface area contributed by atoms with E-state index < -0.39 is 49.8 Å². The van der Waals surface area contributed by atoms with Crippen molar-refractivity contribution in [2.45, 2.75) is 47.4 Å². The van der Waals surface area contributed by atoms with Gasteiger partial charge in [-0.25, -0.2) is 0 Å². The van der Waals surface area contributed by atoms with Gasteiger partial charge in [0, 0.05) is 0 Å². The molecular weight excluding hydrogens is 500 g/mol. The summed E-state index contributed by atoms with van der Waals surface area (Å²) in [6.07, 6.45) is 12.4. The molecule has 0 unspecified atom stereocenters. The Morgan fingerprint density at radius 1 is 0.714 bits per heavy atom. The Hall–Kier alpha value is 1.51. The van der Waals surface area contributed by atoms with Crippen molar-refractivity contribution >= 4 is 51.3 Å². The summed E-state index contributed by atoms with van der Waals surface area (Å²) in [4.78, 5) is 0. The zero-order valence-corrected chi connectivity index (χ0v) is 22.3. The normalized spacial score (nSPS) is 18.0. The summed E-state index contributed by atoms with van der Waals surface area (Å²) in [5.41, 5.74) is 0. The first kappa shape index (κ1) is 22.5. The second kappa shape index (κ2) is 8.56. The Balaban J connectivity index is 0.00000200. The van der Waals surface area contributed by atoms with Crippen LogP contribution in [0.15, 0.2) is 39.7 Å². The van der Waals surface area contributed by atoms with E-state index >= 15 is 0 Å². The van der Waals surface area contributed by atoms with Crippen LogP contribution in [0.5, 0.6) is 0 Å². The van der Waals surface area contributed by atoms with Gasteiger partial charge in [0.25, 0.3) is 0 Å². The Kier molecular flexibility index (Phi) is 9.18. The van der Waals surface area contributed by atoms with Crippen molar-refractivity contribution in [3.05, 3.63) is 39.7 Å². The average Bonchev–Trinajstić information content (AvgIpc) is 2.83. The zero-order valence-electron chi connectivity index (χ0n) is 14.0. The Bertz CT molecular complexity index is 457. The molecule has 0 radical (unpaired) electrons. The molecular formula is C16H28Cl2Ge2Zr. The maximum atomic E-state index is 2.55. The topological polar surface area (TPSA) is 0 Å². The second-order valence-corrected chi connectivity index (χ2v) is 32.3. The molecule has 2 aliphatic rings. The number of rotatable bonds is 4. The van der Waals surface area contributed by atoms with Crippen LogP contribution >= 0.6 is 24.8 Å². The van der Waals surface area contributed by atoms with Gasteiger partial charge in [-0.3, -0.25) is 0 Å². The van der Waals surface area contributed by atoms with Crippen LogP contribution in [-0.2, 0) is 23.2 Å². The van der Waals surface area contributed by atoms with E-state index in [4.69, 9.17) is 0 Å². The molecule has 21 heavy (non-hydrogen) atoms. The SMILES string of the molecule is Cl.Cl.[CH3][Ge]([CH3])([CH3])[C]1=[C]([Zr][C]2=[C]([Ge]([CH3])([CH3])[CH3])C=CC2)CC=C1. The van der Waals surface area contributed by atoms with Gasteiger partial charge in [0.2, 0.25) is 0 Å². The van der Waals surface area contributed by atoms with E-state index in [1.54, 1.807) is 0 Å². The minimum absolute atomic E-state index is 0. The summed E-state index contributed by atoms with van der Waals surface area (Å²) >= 11 is -3.74. The molecule has 0 N–H and O–H groups in total. The molecule has 118 valence electrons. The number of hydrogen-bond acceptors (Lipinski definition) is 0. The van der Waals surface area contributed by atoms with Gasteiger partial charge in [0.1, 0.15) is 0 Å². The third-order valence-corrected chi connectivity index (χ3v) is 18.9. The second-order valence-electron chi connectivity index (χ2n) is 7.62. The Morgan fingerprint density at radius 2 is 1.05 bits per heavy atom. The predicted molar refractivity (Wildman–Crippen MR) is 103 cm³/mol. The fourth-order valence-electron chi connectivity index (χ4n) is 2.83. The standard InChI is InChI=1S/2C8H13Ge.2ClH.Zr/c2*1-9(2,3)8-6-4-5-7-8;;;/h2*4,6H,5H2,1-3H3;2*1H;. The van der Waals surface area contributed by atoms with E-state index in [2.05, 4.69) is 58.8 Å². The van der Waals surface area contributed by atoms with Gasteiger partial charge in [0.15, 0.2) is 0 Å². The van der Waals surface area contributed by atoms with Crippen molar-refractivity contribution in [3.63, 3.8) is 0 Å². The summed E-state index contributed by atoms with van der Waals surface area (Å²) in [5, 5.41) is 0. The molecule has 0 bridgehead atoms. The molecule has 0 aromatic rings. The molecule has 0 saturated carbocycles. The molecule has 0 spiro atoms. The van der Waals surface area contributed by atoms with E-state index in [1.807, 2.05) is 15.4 Å². The van der Waals surface area contributed by atoms with Crippen molar-refractivity contribution in [1.82, 2.24) is 0 Å². The third-order valence-electron chi connectivity index (χ3n) is 3.78. The van der Waals surface area contributed by atoms with Gasteiger partial charge in [-0.05, 0) is 0 Å². The van der Waals surface area contributed by atoms with E-state index in [1.165, 1.54) is 12.8 Å². The van der Waals surface area contributed by atoms with E-state index in [0.717, 1.165) is 0 Å². The molecule has 0 aromatic heterocycles. The van der Waals surface area contributed by atoms with Crippen LogP contribution in [0.25, 0.3) is 0 Å². The van der Waals surface area contributed by atoms with Gasteiger partial charge in [-0.1, -0.05) is 0 Å². The molecule has 2 aliphatic carbocycles. The maximum absolute atomic E-state index is 2.55. The summed E-state index contributed by atoms with van der Waals surface area (Å²) in [6, 6.07) is 0. The number of hydrogen-bond donors (Lipinski definition) is 0. The fourth-order valence-corrected chi connectivity index (χ4v) is 23.8. The molecule has 0 saturated heterocycles. The third kappa shape index (κ3) is 5.82. The number of allylic oxidation sites excluding steroid dienone is 8. The molecule has 2 rings (SSSR count). The van der Waals surface area contributed by atoms with Gasteiger partial charge in [0.05, 0.1) is 0 Å². The molecule has 0 atom stereocenters. The van der Waals surface area contributed by atoms with Crippen LogP contribution in [-0.4, -0.2) is 26.5 Å². The Morgan fingerprint density at radius 3 is 1.33 bits per heavy atom. The molecule has 0 amide bonds. The molecule has 0 fully saturated rings. The van der Waals surface area contributed by atoms with Crippen LogP contribution < -0.4 is 0 Å². The predicted octanol–water partition coefficient (Wildman–Crippen LogP) is 6.10. The first-order valence-corrected chi connectivity index (χ1v) is 24.4. The van der Waals surface area contributed by atoms with E-state index in [0.29, 0.717) is 0 Å². The van der Waals surface area contributed by atoms with Crippen molar-refractivity contribution in [3.8, 4) is 0 Å². The van der Waals surface area contributed by atoms with Crippen molar-refractivity contribution in [1.29, 1.82) is 0 Å². The molecule has 0 nitrogen and oxygen atoms in total. The average molecular weight is 528 g/mol. The first-order valence-electron chi connectivity index (χ1n) is 7.27. The van der Waals surface area contributed by atoms with Gasteiger partial charge in [-0.15, -0.1) is 24.8 Å². The van der Waals surface area contributed by atoms with Gasteiger partial charge >= 0.3 is 137 Å². The van der Waals surface area contributed by atoms with Gasteiger partial charge in [-0.2, -0.15) is 0 Å². The van der Waals surface area contributed by atoms with Crippen LogP contribution in [0.1, 0.15) is 12.8 Å². The van der Waals surface area contributed by atoms with E-state index in [9.17, 15) is 0 Å². The van der Waals surface area contributed by atoms with Crippen LogP contribution in [0.3, 0.4) is 0 Å². The van der Waals surface area contributed by atoms with Crippen molar-refractivity contribution in [2.75, 3.05) is 0 Å². The van der Waals surface area contributed by atoms with Crippen molar-refractivity contribution in [2.24, 2.45) is 0 Å². The number of halogens is 2. The summed E-state index contributed by atoms with van der Waals surface area (Å²) in [5.74, 6) is 15.3. The first-order chi connectivity index (χ1) is 8.69. The Labute approximate surface area is 160 Å². The van der Waals surface area contributed by atoms with Crippen LogP contribution in [0, 0.1) is 0 Å². The van der Waals surface area contributed by atoms with Gasteiger partial charge < -0.3 is 0 Å². The van der Waals surface area contributed by atoms with Crippen molar-refractivity contribution < 1.29 is 23.2 Å². The van der Waals surface area contributed by atoms with Crippen LogP contribution in [0.4, 0.5) is 0 Å². The fraction of sp³-hybridized carbons (Fsp3) is 0.500. The summed E-state index contributed by atoms with van der Waals surface area (Å²) in [7, 11) is 0. The molecule has 0 aromatic carbocycles. The summed E-state index contributed by atoms with van der Waals surface area (Å²) in [6.45, 7) is 0. The monoisotopic (exact) mass is 528 g/mol. The quantitative estimate of drug-likeness (QED) is 0.388. The van der Waals surface area contributed by atoms with Crippen LogP contribution in [0.2, 0.25) is 34.5 Å². The summed E-state index contributed by atoms with van der Waals surface area (Å²) < 4.78 is 7.51. The molecule has 0 aliphatic heterocycles. The van der Waals surface area contributed by atoms with E-state index in [-0.39, 0.29) is 24.8 Å². The zero-order chi connectivity index (χ0) is 14.3. The molecule has 5 heteroatoms. The minimum atomic E-state index is -1.63.